The molecule has 1 N–H and O–H groups in total. The SMILES string of the molecule is CCCCNc1nc(N(Cc2ccc(OC)cc2)Cc2ccc(OC)cc2)nc2ccn(Cc3ccc(C(=O)N4CCN(C(=O)OC(C)(C)C)CC4)cc3)c(=O)c12. The summed E-state index contributed by atoms with van der Waals surface area (Å²) in [5, 5.41) is 3.87. The van der Waals surface area contributed by atoms with Crippen LogP contribution in [0.4, 0.5) is 16.6 Å². The molecule has 0 atom stereocenters. The molecule has 3 aromatic carbocycles. The molecule has 2 amide bonds. The number of carbonyl (C=O) groups is 2. The average Bonchev–Trinajstić information content (AvgIpc) is 3.21. The zero-order valence-electron chi connectivity index (χ0n) is 33.8. The van der Waals surface area contributed by atoms with Crippen LogP contribution in [0.5, 0.6) is 11.5 Å². The molecule has 1 saturated heterocycles. The number of hydrogen-bond acceptors (Lipinski definition) is 10. The maximum Gasteiger partial charge on any atom is 0.410 e. The fraction of sp³-hybridized carbons (Fsp3) is 0.386. The third kappa shape index (κ3) is 10.4. The number of ether oxygens (including phenoxy) is 3. The van der Waals surface area contributed by atoms with Gasteiger partial charge in [-0.25, -0.2) is 9.78 Å². The van der Waals surface area contributed by atoms with Crippen LogP contribution in [0.25, 0.3) is 10.9 Å². The first-order chi connectivity index (χ1) is 27.4. The Bertz CT molecular complexity index is 2140. The Balaban J connectivity index is 1.23. The third-order valence-electron chi connectivity index (χ3n) is 9.76. The summed E-state index contributed by atoms with van der Waals surface area (Å²) in [4.78, 5) is 55.5. The van der Waals surface area contributed by atoms with Crippen LogP contribution < -0.4 is 25.2 Å². The molecule has 0 saturated carbocycles. The van der Waals surface area contributed by atoms with Crippen LogP contribution >= 0.6 is 0 Å². The number of amides is 2. The first-order valence-electron chi connectivity index (χ1n) is 19.5. The molecule has 0 aliphatic carbocycles. The molecule has 300 valence electrons. The Morgan fingerprint density at radius 2 is 1.33 bits per heavy atom. The van der Waals surface area contributed by atoms with Gasteiger partial charge in [0.25, 0.3) is 11.5 Å². The third-order valence-corrected chi connectivity index (χ3v) is 9.76. The van der Waals surface area contributed by atoms with E-state index in [0.29, 0.717) is 80.6 Å². The summed E-state index contributed by atoms with van der Waals surface area (Å²) in [6.45, 7) is 11.3. The number of unbranched alkanes of at least 4 members (excludes halogenated alkanes) is 1. The Hall–Kier alpha value is -6.11. The maximum absolute atomic E-state index is 14.2. The van der Waals surface area contributed by atoms with Crippen molar-refractivity contribution in [3.63, 3.8) is 0 Å². The monoisotopic (exact) mass is 775 g/mol. The number of nitrogens with zero attached hydrogens (tertiary/aromatic N) is 6. The fourth-order valence-electron chi connectivity index (χ4n) is 6.60. The zero-order valence-corrected chi connectivity index (χ0v) is 33.8. The van der Waals surface area contributed by atoms with E-state index in [9.17, 15) is 14.4 Å². The summed E-state index contributed by atoms with van der Waals surface area (Å²) in [6.07, 6.45) is 3.29. The lowest BCUT2D eigenvalue weighted by molar-refractivity contribution is 0.0141. The number of hydrogen-bond donors (Lipinski definition) is 1. The molecule has 1 fully saturated rings. The molecule has 1 aliphatic heterocycles. The lowest BCUT2D eigenvalue weighted by Crippen LogP contribution is -2.51. The van der Waals surface area contributed by atoms with E-state index in [1.165, 1.54) is 0 Å². The first kappa shape index (κ1) is 40.6. The molecule has 3 heterocycles. The minimum Gasteiger partial charge on any atom is -0.497 e. The average molecular weight is 776 g/mol. The molecule has 13 heteroatoms. The predicted octanol–water partition coefficient (Wildman–Crippen LogP) is 6.97. The summed E-state index contributed by atoms with van der Waals surface area (Å²) in [6, 6.07) is 25.0. The van der Waals surface area contributed by atoms with Crippen LogP contribution in [0.1, 0.15) is 67.6 Å². The van der Waals surface area contributed by atoms with E-state index in [1.54, 1.807) is 46.9 Å². The molecule has 57 heavy (non-hydrogen) atoms. The topological polar surface area (TPSA) is 131 Å². The van der Waals surface area contributed by atoms with Gasteiger partial charge in [0.2, 0.25) is 5.95 Å². The van der Waals surface area contributed by atoms with Crippen LogP contribution in [0.15, 0.2) is 89.9 Å². The van der Waals surface area contributed by atoms with E-state index in [1.807, 2.05) is 87.5 Å². The predicted molar refractivity (Wildman–Crippen MR) is 222 cm³/mol. The van der Waals surface area contributed by atoms with Crippen molar-refractivity contribution >= 4 is 34.7 Å². The van der Waals surface area contributed by atoms with Crippen molar-refractivity contribution in [1.29, 1.82) is 0 Å². The molecular formula is C44H53N7O6. The number of methoxy groups -OCH3 is 2. The van der Waals surface area contributed by atoms with Gasteiger partial charge in [-0.15, -0.1) is 0 Å². The van der Waals surface area contributed by atoms with Gasteiger partial charge in [-0.05, 0) is 86.3 Å². The minimum absolute atomic E-state index is 0.1000. The quantitative estimate of drug-likeness (QED) is 0.118. The van der Waals surface area contributed by atoms with Gasteiger partial charge in [-0.3, -0.25) is 9.59 Å². The van der Waals surface area contributed by atoms with Crippen LogP contribution in [0.2, 0.25) is 0 Å². The van der Waals surface area contributed by atoms with Gasteiger partial charge in [0.15, 0.2) is 0 Å². The van der Waals surface area contributed by atoms with Crippen molar-refractivity contribution in [1.82, 2.24) is 24.3 Å². The van der Waals surface area contributed by atoms with Crippen LogP contribution in [-0.2, 0) is 24.4 Å². The van der Waals surface area contributed by atoms with Crippen molar-refractivity contribution < 1.29 is 23.8 Å². The molecule has 13 nitrogen and oxygen atoms in total. The normalized spacial score (nSPS) is 13.0. The zero-order chi connectivity index (χ0) is 40.5. The molecule has 6 rings (SSSR count). The molecule has 5 aromatic rings. The van der Waals surface area contributed by atoms with E-state index in [4.69, 9.17) is 24.2 Å². The van der Waals surface area contributed by atoms with Crippen molar-refractivity contribution in [3.8, 4) is 11.5 Å². The summed E-state index contributed by atoms with van der Waals surface area (Å²) in [5.41, 5.74) is 3.28. The van der Waals surface area contributed by atoms with Crippen molar-refractivity contribution in [3.05, 3.63) is 118 Å². The smallest absolute Gasteiger partial charge is 0.410 e. The lowest BCUT2D eigenvalue weighted by atomic mass is 10.1. The number of pyridine rings is 1. The highest BCUT2D eigenvalue weighted by molar-refractivity contribution is 5.94. The number of piperazine rings is 1. The number of nitrogens with one attached hydrogen (secondary N) is 1. The van der Waals surface area contributed by atoms with Gasteiger partial charge < -0.3 is 38.8 Å². The van der Waals surface area contributed by atoms with Crippen molar-refractivity contribution in [2.75, 3.05) is 57.2 Å². The van der Waals surface area contributed by atoms with Crippen molar-refractivity contribution in [2.45, 2.75) is 65.8 Å². The van der Waals surface area contributed by atoms with Gasteiger partial charge in [-0.2, -0.15) is 4.98 Å². The highest BCUT2D eigenvalue weighted by Gasteiger charge is 2.28. The molecule has 2 aromatic heterocycles. The largest absolute Gasteiger partial charge is 0.497 e. The number of anilines is 2. The van der Waals surface area contributed by atoms with Crippen LogP contribution in [0.3, 0.4) is 0 Å². The lowest BCUT2D eigenvalue weighted by Gasteiger charge is -2.35. The van der Waals surface area contributed by atoms with Gasteiger partial charge >= 0.3 is 6.09 Å². The summed E-state index contributed by atoms with van der Waals surface area (Å²) in [7, 11) is 3.30. The van der Waals surface area contributed by atoms with E-state index in [0.717, 1.165) is 41.0 Å². The highest BCUT2D eigenvalue weighted by atomic mass is 16.6. The van der Waals surface area contributed by atoms with Crippen LogP contribution in [0, 0.1) is 0 Å². The number of fused-ring (bicyclic) bond motifs is 1. The molecule has 0 unspecified atom stereocenters. The summed E-state index contributed by atoms with van der Waals surface area (Å²) in [5.74, 6) is 2.44. The maximum atomic E-state index is 14.2. The van der Waals surface area contributed by atoms with E-state index < -0.39 is 5.60 Å². The van der Waals surface area contributed by atoms with E-state index >= 15 is 0 Å². The second-order valence-corrected chi connectivity index (χ2v) is 15.2. The molecule has 0 bridgehead atoms. The molecular weight excluding hydrogens is 723 g/mol. The van der Waals surface area contributed by atoms with E-state index in [-0.39, 0.29) is 17.6 Å². The number of aromatic nitrogens is 3. The van der Waals surface area contributed by atoms with Gasteiger partial charge in [0, 0.05) is 57.6 Å². The van der Waals surface area contributed by atoms with Crippen LogP contribution in [-0.4, -0.2) is 88.9 Å². The van der Waals surface area contributed by atoms with Gasteiger partial charge in [-0.1, -0.05) is 49.7 Å². The van der Waals surface area contributed by atoms with Gasteiger partial charge in [0.05, 0.1) is 26.3 Å². The summed E-state index contributed by atoms with van der Waals surface area (Å²) < 4.78 is 17.9. The first-order valence-corrected chi connectivity index (χ1v) is 19.5. The number of benzene rings is 3. The highest BCUT2D eigenvalue weighted by Crippen LogP contribution is 2.26. The Kier molecular flexibility index (Phi) is 13.0. The Morgan fingerprint density at radius 1 is 0.772 bits per heavy atom. The minimum atomic E-state index is -0.575. The molecule has 0 radical (unpaired) electrons. The van der Waals surface area contributed by atoms with Gasteiger partial charge in [0.1, 0.15) is 28.3 Å². The second-order valence-electron chi connectivity index (χ2n) is 15.2. The number of rotatable bonds is 14. The van der Waals surface area contributed by atoms with Crippen molar-refractivity contribution in [2.24, 2.45) is 0 Å². The Morgan fingerprint density at radius 3 is 1.88 bits per heavy atom. The Labute approximate surface area is 334 Å². The molecule has 1 aliphatic rings. The standard InChI is InChI=1S/C44H53N7O6/c1-7-8-22-45-39-38-37(46-42(47-39)51(29-32-11-17-35(55-5)18-12-32)30-33-13-19-36(56-6)20-14-33)21-23-50(41(38)53)28-31-9-15-34(16-10-31)40(52)48-24-26-49(27-25-48)43(54)57-44(2,3)4/h9-21,23H,7-8,22,24-30H2,1-6H3,(H,45,46,47). The fourth-order valence-corrected chi connectivity index (χ4v) is 6.60. The number of carbonyl (C=O) groups excluding carboxylic acids is 2. The van der Waals surface area contributed by atoms with E-state index in [2.05, 4.69) is 17.1 Å². The second kappa shape index (κ2) is 18.2. The molecule has 0 spiro atoms. The summed E-state index contributed by atoms with van der Waals surface area (Å²) >= 11 is 0.